The van der Waals surface area contributed by atoms with E-state index < -0.39 is 11.8 Å². The van der Waals surface area contributed by atoms with Crippen molar-refractivity contribution in [3.05, 3.63) is 47.8 Å². The predicted molar refractivity (Wildman–Crippen MR) is 74.5 cm³/mol. The number of nitrogens with zero attached hydrogens (tertiary/aromatic N) is 1. The van der Waals surface area contributed by atoms with E-state index in [1.165, 1.54) is 19.2 Å². The van der Waals surface area contributed by atoms with Gasteiger partial charge >= 0.3 is 5.97 Å². The van der Waals surface area contributed by atoms with Crippen molar-refractivity contribution in [2.75, 3.05) is 7.11 Å². The molecular formula is C15H11FN2O3. The lowest BCUT2D eigenvalue weighted by Crippen LogP contribution is -2.00. The van der Waals surface area contributed by atoms with Gasteiger partial charge in [-0.15, -0.1) is 0 Å². The molecule has 3 aromatic rings. The highest BCUT2D eigenvalue weighted by Crippen LogP contribution is 2.26. The maximum Gasteiger partial charge on any atom is 0.337 e. The van der Waals surface area contributed by atoms with E-state index in [-0.39, 0.29) is 11.3 Å². The molecule has 0 fully saturated rings. The minimum absolute atomic E-state index is 0.152. The monoisotopic (exact) mass is 286 g/mol. The summed E-state index contributed by atoms with van der Waals surface area (Å²) in [5, 5.41) is 9.23. The molecule has 2 N–H and O–H groups in total. The summed E-state index contributed by atoms with van der Waals surface area (Å²) in [4.78, 5) is 18.7. The third-order valence-electron chi connectivity index (χ3n) is 3.11. The Kier molecular flexibility index (Phi) is 3.06. The zero-order chi connectivity index (χ0) is 15.0. The molecule has 2 aromatic carbocycles. The van der Waals surface area contributed by atoms with Gasteiger partial charge in [0.2, 0.25) is 0 Å². The first-order chi connectivity index (χ1) is 10.1. The number of hydrogen-bond acceptors (Lipinski definition) is 4. The first-order valence-corrected chi connectivity index (χ1v) is 6.15. The largest absolute Gasteiger partial charge is 0.508 e. The third kappa shape index (κ3) is 2.31. The number of esters is 1. The molecule has 3 rings (SSSR count). The number of H-pyrrole nitrogens is 1. The lowest BCUT2D eigenvalue weighted by molar-refractivity contribution is 0.0601. The van der Waals surface area contributed by atoms with E-state index in [0.29, 0.717) is 22.4 Å². The normalized spacial score (nSPS) is 10.8. The smallest absolute Gasteiger partial charge is 0.337 e. The molecule has 0 aliphatic heterocycles. The molecule has 106 valence electrons. The Balaban J connectivity index is 2.10. The highest BCUT2D eigenvalue weighted by Gasteiger charge is 2.12. The molecule has 1 aromatic heterocycles. The number of ether oxygens (including phenoxy) is 1. The van der Waals surface area contributed by atoms with Crippen LogP contribution in [0.25, 0.3) is 22.4 Å². The van der Waals surface area contributed by atoms with Crippen LogP contribution in [0.15, 0.2) is 36.4 Å². The maximum absolute atomic E-state index is 13.8. The van der Waals surface area contributed by atoms with Crippen LogP contribution < -0.4 is 0 Å². The SMILES string of the molecule is COC(=O)c1ccc2nc(-c3ccc(O)cc3F)[nH]c2c1. The standard InChI is InChI=1S/C15H11FN2O3/c1-21-15(20)8-2-5-12-13(6-8)18-14(17-12)10-4-3-9(19)7-11(10)16/h2-7,19H,1H3,(H,17,18). The fraction of sp³-hybridized carbons (Fsp3) is 0.0667. The number of carbonyl (C=O) groups excluding carboxylic acids is 1. The van der Waals surface area contributed by atoms with Gasteiger partial charge in [-0.3, -0.25) is 0 Å². The van der Waals surface area contributed by atoms with Gasteiger partial charge in [-0.1, -0.05) is 0 Å². The van der Waals surface area contributed by atoms with Crippen LogP contribution in [-0.2, 0) is 4.74 Å². The van der Waals surface area contributed by atoms with Crippen LogP contribution in [0.4, 0.5) is 4.39 Å². The van der Waals surface area contributed by atoms with Gasteiger partial charge in [-0.25, -0.2) is 14.2 Å². The Bertz CT molecular complexity index is 842. The van der Waals surface area contributed by atoms with Crippen molar-refractivity contribution in [3.8, 4) is 17.1 Å². The molecule has 0 bridgehead atoms. The van der Waals surface area contributed by atoms with Crippen molar-refractivity contribution >= 4 is 17.0 Å². The van der Waals surface area contributed by atoms with E-state index in [2.05, 4.69) is 14.7 Å². The number of phenols is 1. The minimum Gasteiger partial charge on any atom is -0.508 e. The number of hydrogen-bond donors (Lipinski definition) is 2. The second-order valence-corrected chi connectivity index (χ2v) is 4.47. The van der Waals surface area contributed by atoms with Crippen LogP contribution in [0.2, 0.25) is 0 Å². The fourth-order valence-electron chi connectivity index (χ4n) is 2.08. The van der Waals surface area contributed by atoms with Crippen LogP contribution in [0.5, 0.6) is 5.75 Å². The highest BCUT2D eigenvalue weighted by atomic mass is 19.1. The topological polar surface area (TPSA) is 75.2 Å². The van der Waals surface area contributed by atoms with E-state index in [9.17, 15) is 14.3 Å². The van der Waals surface area contributed by atoms with Crippen molar-refractivity contribution in [3.63, 3.8) is 0 Å². The Morgan fingerprint density at radius 3 is 2.81 bits per heavy atom. The molecule has 0 spiro atoms. The van der Waals surface area contributed by atoms with Gasteiger partial charge in [0.1, 0.15) is 17.4 Å². The van der Waals surface area contributed by atoms with E-state index >= 15 is 0 Å². The van der Waals surface area contributed by atoms with Crippen molar-refractivity contribution in [1.82, 2.24) is 9.97 Å². The number of aromatic nitrogens is 2. The Labute approximate surface area is 119 Å². The molecule has 6 heteroatoms. The fourth-order valence-corrected chi connectivity index (χ4v) is 2.08. The molecule has 0 aliphatic carbocycles. The number of imidazole rings is 1. The van der Waals surface area contributed by atoms with Crippen molar-refractivity contribution in [1.29, 1.82) is 0 Å². The van der Waals surface area contributed by atoms with E-state index in [1.807, 2.05) is 0 Å². The van der Waals surface area contributed by atoms with Gasteiger partial charge in [0.15, 0.2) is 0 Å². The van der Waals surface area contributed by atoms with Crippen molar-refractivity contribution in [2.24, 2.45) is 0 Å². The quantitative estimate of drug-likeness (QED) is 0.710. The van der Waals surface area contributed by atoms with Gasteiger partial charge in [-0.2, -0.15) is 0 Å². The van der Waals surface area contributed by atoms with Crippen molar-refractivity contribution < 1.29 is 19.0 Å². The van der Waals surface area contributed by atoms with Crippen LogP contribution in [-0.4, -0.2) is 28.2 Å². The molecule has 21 heavy (non-hydrogen) atoms. The molecule has 0 saturated carbocycles. The highest BCUT2D eigenvalue weighted by molar-refractivity contribution is 5.94. The molecule has 5 nitrogen and oxygen atoms in total. The number of aromatic amines is 1. The van der Waals surface area contributed by atoms with Crippen LogP contribution in [0.1, 0.15) is 10.4 Å². The summed E-state index contributed by atoms with van der Waals surface area (Å²) in [6, 6.07) is 8.67. The number of fused-ring (bicyclic) bond motifs is 1. The summed E-state index contributed by atoms with van der Waals surface area (Å²) >= 11 is 0. The zero-order valence-electron chi connectivity index (χ0n) is 11.1. The second kappa shape index (κ2) is 4.90. The number of methoxy groups -OCH3 is 1. The molecule has 0 atom stereocenters. The van der Waals surface area contributed by atoms with Crippen LogP contribution in [0.3, 0.4) is 0 Å². The maximum atomic E-state index is 13.8. The first-order valence-electron chi connectivity index (χ1n) is 6.15. The van der Waals surface area contributed by atoms with Crippen LogP contribution >= 0.6 is 0 Å². The summed E-state index contributed by atoms with van der Waals surface area (Å²) in [5.74, 6) is -0.865. The summed E-state index contributed by atoms with van der Waals surface area (Å²) in [6.45, 7) is 0. The van der Waals surface area contributed by atoms with E-state index in [1.54, 1.807) is 18.2 Å². The lowest BCUT2D eigenvalue weighted by atomic mass is 10.2. The number of rotatable bonds is 2. The van der Waals surface area contributed by atoms with E-state index in [4.69, 9.17) is 0 Å². The van der Waals surface area contributed by atoms with Gasteiger partial charge < -0.3 is 14.8 Å². The number of phenolic OH excluding ortho intramolecular Hbond substituents is 1. The first kappa shape index (κ1) is 13.1. The average Bonchev–Trinajstić information content (AvgIpc) is 2.88. The number of aromatic hydroxyl groups is 1. The van der Waals surface area contributed by atoms with Gasteiger partial charge in [0, 0.05) is 6.07 Å². The lowest BCUT2D eigenvalue weighted by Gasteiger charge is -1.99. The second-order valence-electron chi connectivity index (χ2n) is 4.47. The molecular weight excluding hydrogens is 275 g/mol. The summed E-state index contributed by atoms with van der Waals surface area (Å²) < 4.78 is 18.5. The molecule has 0 saturated heterocycles. The summed E-state index contributed by atoms with van der Waals surface area (Å²) in [6.07, 6.45) is 0. The van der Waals surface area contributed by atoms with Crippen LogP contribution in [0, 0.1) is 5.82 Å². The minimum atomic E-state index is -0.581. The molecule has 0 radical (unpaired) electrons. The molecule has 0 amide bonds. The molecule has 0 aliphatic rings. The molecule has 1 heterocycles. The Hall–Kier alpha value is -2.89. The Morgan fingerprint density at radius 1 is 1.29 bits per heavy atom. The predicted octanol–water partition coefficient (Wildman–Crippen LogP) is 2.86. The number of halogens is 1. The Morgan fingerprint density at radius 2 is 2.10 bits per heavy atom. The number of carbonyl (C=O) groups is 1. The van der Waals surface area contributed by atoms with Gasteiger partial charge in [-0.05, 0) is 30.3 Å². The average molecular weight is 286 g/mol. The zero-order valence-corrected chi connectivity index (χ0v) is 11.1. The van der Waals surface area contributed by atoms with E-state index in [0.717, 1.165) is 6.07 Å². The van der Waals surface area contributed by atoms with Crippen molar-refractivity contribution in [2.45, 2.75) is 0 Å². The molecule has 0 unspecified atom stereocenters. The summed E-state index contributed by atoms with van der Waals surface area (Å²) in [5.41, 5.74) is 1.82. The number of nitrogens with one attached hydrogen (secondary N) is 1. The summed E-state index contributed by atoms with van der Waals surface area (Å²) in [7, 11) is 1.30. The third-order valence-corrected chi connectivity index (χ3v) is 3.11. The van der Waals surface area contributed by atoms with Gasteiger partial charge in [0.25, 0.3) is 0 Å². The van der Waals surface area contributed by atoms with Gasteiger partial charge in [0.05, 0.1) is 29.3 Å². The number of benzene rings is 2.